The fourth-order valence-electron chi connectivity index (χ4n) is 2.87. The van der Waals surface area contributed by atoms with E-state index in [1.165, 1.54) is 11.1 Å². The second-order valence-corrected chi connectivity index (χ2v) is 7.29. The van der Waals surface area contributed by atoms with Gasteiger partial charge in [0.05, 0.1) is 19.8 Å². The summed E-state index contributed by atoms with van der Waals surface area (Å²) in [6.07, 6.45) is 0.884. The van der Waals surface area contributed by atoms with Gasteiger partial charge in [0.2, 0.25) is 0 Å². The highest BCUT2D eigenvalue weighted by Crippen LogP contribution is 2.32. The van der Waals surface area contributed by atoms with Crippen molar-refractivity contribution in [2.24, 2.45) is 10.7 Å². The van der Waals surface area contributed by atoms with E-state index >= 15 is 0 Å². The molecule has 0 spiro atoms. The molecule has 0 fully saturated rings. The molecule has 0 aromatic heterocycles. The van der Waals surface area contributed by atoms with Crippen LogP contribution in [0.5, 0.6) is 11.5 Å². The summed E-state index contributed by atoms with van der Waals surface area (Å²) < 4.78 is 11.4. The van der Waals surface area contributed by atoms with Gasteiger partial charge < -0.3 is 20.5 Å². The summed E-state index contributed by atoms with van der Waals surface area (Å²) in [6, 6.07) is 14.2. The van der Waals surface area contributed by atoms with E-state index in [0.717, 1.165) is 23.6 Å². The zero-order chi connectivity index (χ0) is 18.6. The summed E-state index contributed by atoms with van der Waals surface area (Å²) in [5.74, 6) is 1.89. The zero-order valence-corrected chi connectivity index (χ0v) is 18.4. The number of guanidine groups is 1. The van der Waals surface area contributed by atoms with Gasteiger partial charge in [-0.25, -0.2) is 0 Å². The van der Waals surface area contributed by atoms with Crippen LogP contribution in [0.4, 0.5) is 5.69 Å². The van der Waals surface area contributed by atoms with Gasteiger partial charge in [-0.1, -0.05) is 43.7 Å². The number of aryl methyl sites for hydroxylation is 1. The van der Waals surface area contributed by atoms with Crippen molar-refractivity contribution in [1.29, 1.82) is 0 Å². The summed E-state index contributed by atoms with van der Waals surface area (Å²) in [7, 11) is 0. The number of nitrogens with zero attached hydrogens (tertiary/aromatic N) is 1. The molecule has 6 heteroatoms. The molecule has 5 nitrogen and oxygen atoms in total. The number of aliphatic imine (C=N–C) groups is 1. The van der Waals surface area contributed by atoms with Crippen molar-refractivity contribution in [3.05, 3.63) is 53.6 Å². The molecule has 0 atom stereocenters. The average Bonchev–Trinajstić information content (AvgIpc) is 2.85. The number of hydrogen-bond donors (Lipinski definition) is 2. The molecule has 0 saturated carbocycles. The van der Waals surface area contributed by atoms with E-state index in [-0.39, 0.29) is 29.4 Å². The van der Waals surface area contributed by atoms with Crippen LogP contribution in [0.25, 0.3) is 0 Å². The molecule has 0 radical (unpaired) electrons. The van der Waals surface area contributed by atoms with Crippen LogP contribution < -0.4 is 20.5 Å². The molecule has 3 rings (SSSR count). The number of fused-ring (bicyclic) bond motifs is 1. The zero-order valence-electron chi connectivity index (χ0n) is 16.1. The molecular weight excluding hydrogens is 453 g/mol. The van der Waals surface area contributed by atoms with E-state index in [0.29, 0.717) is 25.7 Å². The minimum atomic E-state index is -0.0942. The molecular formula is C21H28IN3O2. The van der Waals surface area contributed by atoms with Crippen molar-refractivity contribution < 1.29 is 9.47 Å². The first-order chi connectivity index (χ1) is 12.4. The summed E-state index contributed by atoms with van der Waals surface area (Å²) in [6.45, 7) is 8.38. The van der Waals surface area contributed by atoms with Crippen molar-refractivity contribution in [2.45, 2.75) is 32.6 Å². The number of rotatable bonds is 4. The molecule has 1 aliphatic heterocycles. The summed E-state index contributed by atoms with van der Waals surface area (Å²) in [5.41, 5.74) is 9.34. The third-order valence-electron chi connectivity index (χ3n) is 4.46. The first-order valence-electron chi connectivity index (χ1n) is 8.98. The third kappa shape index (κ3) is 5.76. The number of halogens is 1. The van der Waals surface area contributed by atoms with Crippen LogP contribution in [0.15, 0.2) is 47.5 Å². The Morgan fingerprint density at radius 3 is 2.59 bits per heavy atom. The normalized spacial score (nSPS) is 14.1. The Morgan fingerprint density at radius 1 is 1.11 bits per heavy atom. The molecule has 2 aromatic rings. The standard InChI is InChI=1S/C21H27N3O2.HI/c1-15-6-4-7-16(12-15)21(2,3)14-23-20(22)24-17-8-9-18-19(13-17)26-11-5-10-25-18;/h4,6-9,12-13H,5,10-11,14H2,1-3H3,(H3,22,23,24);1H. The predicted octanol–water partition coefficient (Wildman–Crippen LogP) is 4.48. The molecule has 3 N–H and O–H groups in total. The molecule has 27 heavy (non-hydrogen) atoms. The number of ether oxygens (including phenoxy) is 2. The van der Waals surface area contributed by atoms with Gasteiger partial charge in [0.15, 0.2) is 17.5 Å². The highest BCUT2D eigenvalue weighted by Gasteiger charge is 2.20. The minimum absolute atomic E-state index is 0. The molecule has 1 heterocycles. The Hall–Kier alpha value is -1.96. The van der Waals surface area contributed by atoms with Crippen molar-refractivity contribution >= 4 is 35.6 Å². The van der Waals surface area contributed by atoms with E-state index in [1.54, 1.807) is 0 Å². The van der Waals surface area contributed by atoms with Gasteiger partial charge in [-0.2, -0.15) is 0 Å². The number of hydrogen-bond acceptors (Lipinski definition) is 3. The smallest absolute Gasteiger partial charge is 0.193 e. The van der Waals surface area contributed by atoms with Gasteiger partial charge in [0, 0.05) is 23.6 Å². The number of nitrogens with one attached hydrogen (secondary N) is 1. The third-order valence-corrected chi connectivity index (χ3v) is 4.46. The van der Waals surface area contributed by atoms with E-state index in [1.807, 2.05) is 18.2 Å². The van der Waals surface area contributed by atoms with Crippen LogP contribution in [-0.2, 0) is 5.41 Å². The highest BCUT2D eigenvalue weighted by atomic mass is 127. The van der Waals surface area contributed by atoms with Gasteiger partial charge in [0.1, 0.15) is 0 Å². The van der Waals surface area contributed by atoms with E-state index in [4.69, 9.17) is 15.2 Å². The van der Waals surface area contributed by atoms with Crippen LogP contribution in [0, 0.1) is 6.92 Å². The largest absolute Gasteiger partial charge is 0.490 e. The maximum atomic E-state index is 6.09. The van der Waals surface area contributed by atoms with Crippen molar-refractivity contribution in [2.75, 3.05) is 25.1 Å². The van der Waals surface area contributed by atoms with E-state index < -0.39 is 0 Å². The monoisotopic (exact) mass is 481 g/mol. The van der Waals surface area contributed by atoms with E-state index in [2.05, 4.69) is 55.3 Å². The Labute approximate surface area is 178 Å². The molecule has 2 aromatic carbocycles. The molecule has 0 aliphatic carbocycles. The minimum Gasteiger partial charge on any atom is -0.490 e. The van der Waals surface area contributed by atoms with Gasteiger partial charge in [0.25, 0.3) is 0 Å². The summed E-state index contributed by atoms with van der Waals surface area (Å²) >= 11 is 0. The van der Waals surface area contributed by atoms with Gasteiger partial charge in [-0.05, 0) is 24.6 Å². The van der Waals surface area contributed by atoms with Crippen LogP contribution in [0.2, 0.25) is 0 Å². The topological polar surface area (TPSA) is 68.9 Å². The fourth-order valence-corrected chi connectivity index (χ4v) is 2.87. The molecule has 0 amide bonds. The van der Waals surface area contributed by atoms with Crippen LogP contribution in [0.3, 0.4) is 0 Å². The lowest BCUT2D eigenvalue weighted by Gasteiger charge is -2.23. The van der Waals surface area contributed by atoms with Crippen molar-refractivity contribution in [3.63, 3.8) is 0 Å². The molecule has 0 saturated heterocycles. The lowest BCUT2D eigenvalue weighted by atomic mass is 9.84. The van der Waals surface area contributed by atoms with Crippen LogP contribution in [-0.4, -0.2) is 25.7 Å². The maximum Gasteiger partial charge on any atom is 0.193 e. The quantitative estimate of drug-likeness (QED) is 0.384. The Bertz CT molecular complexity index is 806. The molecule has 1 aliphatic rings. The second kappa shape index (κ2) is 9.30. The first kappa shape index (κ1) is 21.3. The molecule has 0 unspecified atom stereocenters. The SMILES string of the molecule is Cc1cccc(C(C)(C)CN=C(N)Nc2ccc3c(c2)OCCCO3)c1.I. The maximum absolute atomic E-state index is 6.09. The average molecular weight is 481 g/mol. The van der Waals surface area contributed by atoms with Crippen molar-refractivity contribution in [1.82, 2.24) is 0 Å². The Morgan fingerprint density at radius 2 is 1.85 bits per heavy atom. The van der Waals surface area contributed by atoms with E-state index in [9.17, 15) is 0 Å². The van der Waals surface area contributed by atoms with Crippen molar-refractivity contribution in [3.8, 4) is 11.5 Å². The lowest BCUT2D eigenvalue weighted by molar-refractivity contribution is 0.297. The predicted molar refractivity (Wildman–Crippen MR) is 122 cm³/mol. The first-order valence-corrected chi connectivity index (χ1v) is 8.98. The Kier molecular flexibility index (Phi) is 7.35. The second-order valence-electron chi connectivity index (χ2n) is 7.29. The molecule has 146 valence electrons. The van der Waals surface area contributed by atoms with Crippen LogP contribution in [0.1, 0.15) is 31.4 Å². The molecule has 0 bridgehead atoms. The van der Waals surface area contributed by atoms with Gasteiger partial charge in [-0.3, -0.25) is 4.99 Å². The lowest BCUT2D eigenvalue weighted by Crippen LogP contribution is -2.27. The summed E-state index contributed by atoms with van der Waals surface area (Å²) in [5, 5.41) is 3.14. The Balaban J connectivity index is 0.00000261. The van der Waals surface area contributed by atoms with Gasteiger partial charge in [-0.15, -0.1) is 24.0 Å². The highest BCUT2D eigenvalue weighted by molar-refractivity contribution is 14.0. The summed E-state index contributed by atoms with van der Waals surface area (Å²) in [4.78, 5) is 4.54. The van der Waals surface area contributed by atoms with Crippen LogP contribution >= 0.6 is 24.0 Å². The number of nitrogens with two attached hydrogens (primary N) is 1. The number of benzene rings is 2. The number of anilines is 1. The van der Waals surface area contributed by atoms with Gasteiger partial charge >= 0.3 is 0 Å². The fraction of sp³-hybridized carbons (Fsp3) is 0.381.